The molecule has 192 valence electrons. The zero-order chi connectivity index (χ0) is 26.4. The van der Waals surface area contributed by atoms with Crippen LogP contribution in [0.15, 0.2) is 54.6 Å². The first-order valence-corrected chi connectivity index (χ1v) is 11.5. The normalized spacial score (nSPS) is 12.6. The second-order valence-corrected chi connectivity index (χ2v) is 8.63. The Morgan fingerprint density at radius 3 is 2.08 bits per heavy atom. The van der Waals surface area contributed by atoms with Gasteiger partial charge in [-0.15, -0.1) is 0 Å². The lowest BCUT2D eigenvalue weighted by molar-refractivity contribution is 0.0695. The number of carbonyl (C=O) groups is 1. The maximum atomic E-state index is 11.4. The molecular weight excluding hydrogens is 464 g/mol. The quantitative estimate of drug-likeness (QED) is 0.348. The van der Waals surface area contributed by atoms with Crippen molar-refractivity contribution in [3.05, 3.63) is 76.9 Å². The van der Waals surface area contributed by atoms with E-state index in [0.29, 0.717) is 22.6 Å². The van der Waals surface area contributed by atoms with E-state index < -0.39 is 24.6 Å². The fourth-order valence-corrected chi connectivity index (χ4v) is 4.01. The molecule has 3 aromatic rings. The minimum atomic E-state index is -1.10. The number of phenolic OH excluding ortho intramolecular Hbond substituents is 1. The highest BCUT2D eigenvalue weighted by Crippen LogP contribution is 2.41. The smallest absolute Gasteiger partial charge is 0.335 e. The number of aromatic carboxylic acids is 1. The highest BCUT2D eigenvalue weighted by Gasteiger charge is 2.30. The van der Waals surface area contributed by atoms with Crippen LogP contribution in [0.4, 0.5) is 0 Å². The molecule has 0 heterocycles. The summed E-state index contributed by atoms with van der Waals surface area (Å²) < 4.78 is 22.9. The van der Waals surface area contributed by atoms with Gasteiger partial charge in [0, 0.05) is 5.56 Å². The number of aromatic hydroxyl groups is 1. The number of hydrogen-bond donors (Lipinski definition) is 3. The largest absolute Gasteiger partial charge is 0.508 e. The molecule has 36 heavy (non-hydrogen) atoms. The second kappa shape index (κ2) is 11.7. The number of rotatable bonds is 11. The van der Waals surface area contributed by atoms with Crippen molar-refractivity contribution in [1.82, 2.24) is 0 Å². The van der Waals surface area contributed by atoms with Crippen LogP contribution in [0.25, 0.3) is 0 Å². The molecule has 0 saturated heterocycles. The summed E-state index contributed by atoms with van der Waals surface area (Å²) >= 11 is 0. The third-order valence-corrected chi connectivity index (χ3v) is 5.67. The maximum absolute atomic E-state index is 11.4. The van der Waals surface area contributed by atoms with E-state index in [9.17, 15) is 20.1 Å². The highest BCUT2D eigenvalue weighted by molar-refractivity contribution is 5.88. The number of carboxylic acid groups (broad SMARTS) is 1. The highest BCUT2D eigenvalue weighted by atomic mass is 16.5. The fraction of sp³-hybridized carbons (Fsp3) is 0.321. The van der Waals surface area contributed by atoms with E-state index in [1.165, 1.54) is 25.3 Å². The molecule has 2 atom stereocenters. The molecule has 8 nitrogen and oxygen atoms in total. The number of hydrogen-bond acceptors (Lipinski definition) is 7. The first kappa shape index (κ1) is 26.7. The number of aliphatic hydroxyl groups is 1. The zero-order valence-electron chi connectivity index (χ0n) is 21.0. The molecule has 0 aliphatic rings. The number of carboxylic acids is 1. The van der Waals surface area contributed by atoms with Gasteiger partial charge in [-0.05, 0) is 68.3 Å². The van der Waals surface area contributed by atoms with Crippen LogP contribution in [-0.4, -0.2) is 54.3 Å². The van der Waals surface area contributed by atoms with Gasteiger partial charge in [-0.2, -0.15) is 0 Å². The van der Waals surface area contributed by atoms with Gasteiger partial charge in [0.2, 0.25) is 0 Å². The molecule has 2 unspecified atom stereocenters. The van der Waals surface area contributed by atoms with Crippen LogP contribution in [0.2, 0.25) is 0 Å². The van der Waals surface area contributed by atoms with Crippen LogP contribution in [0, 0.1) is 6.92 Å². The summed E-state index contributed by atoms with van der Waals surface area (Å²) in [6.45, 7) is 5.29. The second-order valence-electron chi connectivity index (χ2n) is 8.63. The lowest BCUT2D eigenvalue weighted by Gasteiger charge is -2.29. The number of benzene rings is 3. The predicted molar refractivity (Wildman–Crippen MR) is 135 cm³/mol. The third kappa shape index (κ3) is 6.01. The van der Waals surface area contributed by atoms with Gasteiger partial charge in [0.15, 0.2) is 23.0 Å². The van der Waals surface area contributed by atoms with E-state index in [2.05, 4.69) is 0 Å². The average molecular weight is 497 g/mol. The fourth-order valence-electron chi connectivity index (χ4n) is 4.01. The third-order valence-electron chi connectivity index (χ3n) is 5.67. The van der Waals surface area contributed by atoms with Crippen molar-refractivity contribution in [3.63, 3.8) is 0 Å². The van der Waals surface area contributed by atoms with Gasteiger partial charge in [-0.1, -0.05) is 18.2 Å². The molecule has 0 radical (unpaired) electrons. The van der Waals surface area contributed by atoms with E-state index in [-0.39, 0.29) is 28.9 Å². The van der Waals surface area contributed by atoms with Crippen molar-refractivity contribution in [2.45, 2.75) is 38.9 Å². The summed E-state index contributed by atoms with van der Waals surface area (Å²) in [6.07, 6.45) is -0.929. The topological polar surface area (TPSA) is 115 Å². The van der Waals surface area contributed by atoms with E-state index >= 15 is 0 Å². The molecular formula is C28H32O8. The first-order valence-electron chi connectivity index (χ1n) is 11.5. The molecule has 0 saturated carbocycles. The molecule has 0 spiro atoms. The standard InChI is InChI=1S/C28H32O8/c1-16(2)35-22-10-7-18(13-24(22)33-4)27(20-9-6-17(3)12-21(20)30)26(15-29)36-23-11-8-19(28(31)32)14-25(23)34-5/h6-14,16,26-27,29-30H,15H2,1-5H3,(H,31,32). The zero-order valence-corrected chi connectivity index (χ0v) is 21.0. The van der Waals surface area contributed by atoms with Crippen LogP contribution in [0.1, 0.15) is 46.8 Å². The Labute approximate surface area is 210 Å². The van der Waals surface area contributed by atoms with E-state index in [1.807, 2.05) is 32.9 Å². The Morgan fingerprint density at radius 1 is 0.861 bits per heavy atom. The molecule has 3 aromatic carbocycles. The molecule has 0 aromatic heterocycles. The minimum Gasteiger partial charge on any atom is -0.508 e. The summed E-state index contributed by atoms with van der Waals surface area (Å²) in [6, 6.07) is 14.9. The van der Waals surface area contributed by atoms with Crippen molar-refractivity contribution < 1.29 is 39.1 Å². The molecule has 0 amide bonds. The Kier molecular flexibility index (Phi) is 8.66. The van der Waals surface area contributed by atoms with Gasteiger partial charge in [0.25, 0.3) is 0 Å². The van der Waals surface area contributed by atoms with Crippen LogP contribution in [0.3, 0.4) is 0 Å². The number of phenols is 1. The predicted octanol–water partition coefficient (Wildman–Crippen LogP) is 4.78. The van der Waals surface area contributed by atoms with Crippen LogP contribution in [0.5, 0.6) is 28.7 Å². The molecule has 0 aliphatic heterocycles. The lowest BCUT2D eigenvalue weighted by Crippen LogP contribution is -2.30. The van der Waals surface area contributed by atoms with Gasteiger partial charge >= 0.3 is 5.97 Å². The van der Waals surface area contributed by atoms with Crippen molar-refractivity contribution >= 4 is 5.97 Å². The Hall–Kier alpha value is -3.91. The minimum absolute atomic E-state index is 0.0398. The lowest BCUT2D eigenvalue weighted by atomic mass is 9.85. The summed E-state index contributed by atoms with van der Waals surface area (Å²) in [7, 11) is 2.95. The Morgan fingerprint density at radius 2 is 1.50 bits per heavy atom. The summed E-state index contributed by atoms with van der Waals surface area (Å²) in [5.41, 5.74) is 2.17. The van der Waals surface area contributed by atoms with Gasteiger partial charge < -0.3 is 34.3 Å². The van der Waals surface area contributed by atoms with Gasteiger partial charge in [0.1, 0.15) is 11.9 Å². The van der Waals surface area contributed by atoms with Crippen LogP contribution in [-0.2, 0) is 0 Å². The molecule has 0 bridgehead atoms. The van der Waals surface area contributed by atoms with Crippen LogP contribution < -0.4 is 18.9 Å². The van der Waals surface area contributed by atoms with Crippen molar-refractivity contribution in [3.8, 4) is 28.7 Å². The molecule has 8 heteroatoms. The SMILES string of the molecule is COc1cc(C(c2ccc(C)cc2O)C(CO)Oc2ccc(C(=O)O)cc2OC)ccc1OC(C)C. The molecule has 0 aliphatic carbocycles. The number of aliphatic hydroxyl groups excluding tert-OH is 1. The summed E-state index contributed by atoms with van der Waals surface area (Å²) in [5.74, 6) is -0.147. The Bertz CT molecular complexity index is 1200. The number of aryl methyl sites for hydroxylation is 1. The molecule has 3 N–H and O–H groups in total. The number of ether oxygens (including phenoxy) is 4. The van der Waals surface area contributed by atoms with E-state index in [4.69, 9.17) is 18.9 Å². The summed E-state index contributed by atoms with van der Waals surface area (Å²) in [4.78, 5) is 11.4. The first-order chi connectivity index (χ1) is 17.2. The van der Waals surface area contributed by atoms with Crippen LogP contribution >= 0.6 is 0 Å². The van der Waals surface area contributed by atoms with Gasteiger partial charge in [0.05, 0.1) is 38.4 Å². The van der Waals surface area contributed by atoms with Crippen molar-refractivity contribution in [2.24, 2.45) is 0 Å². The summed E-state index contributed by atoms with van der Waals surface area (Å²) in [5, 5.41) is 30.6. The van der Waals surface area contributed by atoms with Crippen molar-refractivity contribution in [2.75, 3.05) is 20.8 Å². The maximum Gasteiger partial charge on any atom is 0.335 e. The number of methoxy groups -OCH3 is 2. The average Bonchev–Trinajstić information content (AvgIpc) is 2.84. The molecule has 3 rings (SSSR count). The Balaban J connectivity index is 2.12. The van der Waals surface area contributed by atoms with E-state index in [0.717, 1.165) is 5.56 Å². The molecule has 0 fully saturated rings. The monoisotopic (exact) mass is 496 g/mol. The van der Waals surface area contributed by atoms with Crippen molar-refractivity contribution in [1.29, 1.82) is 0 Å². The van der Waals surface area contributed by atoms with Gasteiger partial charge in [-0.25, -0.2) is 4.79 Å². The van der Waals surface area contributed by atoms with Gasteiger partial charge in [-0.3, -0.25) is 0 Å². The van der Waals surface area contributed by atoms with E-state index in [1.54, 1.807) is 31.4 Å².